The molecule has 3 rings (SSSR count). The molecule has 116 valence electrons. The summed E-state index contributed by atoms with van der Waals surface area (Å²) in [6.45, 7) is 8.97. The quantitative estimate of drug-likeness (QED) is 0.922. The molecule has 2 aliphatic rings. The molecular formula is C17H28N4. The van der Waals surface area contributed by atoms with Gasteiger partial charge in [0.25, 0.3) is 0 Å². The molecule has 1 aromatic rings. The molecule has 0 spiro atoms. The van der Waals surface area contributed by atoms with Crippen molar-refractivity contribution < 1.29 is 0 Å². The highest BCUT2D eigenvalue weighted by atomic mass is 15.2. The van der Waals surface area contributed by atoms with E-state index >= 15 is 0 Å². The molecule has 2 fully saturated rings. The Morgan fingerprint density at radius 2 is 1.90 bits per heavy atom. The van der Waals surface area contributed by atoms with Crippen LogP contribution in [0.3, 0.4) is 0 Å². The largest absolute Gasteiger partial charge is 0.356 e. The maximum absolute atomic E-state index is 5.68. The van der Waals surface area contributed by atoms with Gasteiger partial charge in [-0.3, -0.25) is 0 Å². The van der Waals surface area contributed by atoms with Crippen LogP contribution in [0.5, 0.6) is 0 Å². The van der Waals surface area contributed by atoms with Gasteiger partial charge in [-0.05, 0) is 68.8 Å². The van der Waals surface area contributed by atoms with Gasteiger partial charge in [0.05, 0.1) is 0 Å². The normalized spacial score (nSPS) is 21.1. The number of hydrogen-bond donors (Lipinski definition) is 1. The van der Waals surface area contributed by atoms with E-state index in [0.717, 1.165) is 30.4 Å². The van der Waals surface area contributed by atoms with Crippen LogP contribution in [0.1, 0.15) is 36.8 Å². The maximum atomic E-state index is 5.68. The fourth-order valence-corrected chi connectivity index (χ4v) is 3.73. The lowest BCUT2D eigenvalue weighted by molar-refractivity contribution is 0.249. The number of piperidine rings is 1. The van der Waals surface area contributed by atoms with Crippen LogP contribution in [0.4, 0.5) is 5.82 Å². The fraction of sp³-hybridized carbons (Fsp3) is 0.706. The highest BCUT2D eigenvalue weighted by Crippen LogP contribution is 2.26. The van der Waals surface area contributed by atoms with E-state index in [0.29, 0.717) is 6.54 Å². The standard InChI is InChI=1S/C17H28N4/c1-14-10-16(11-18)12-19-17(14)21-8-4-15(5-9-21)13-20-6-2-3-7-20/h10,12,15H,2-9,11,13,18H2,1H3. The van der Waals surface area contributed by atoms with Crippen LogP contribution >= 0.6 is 0 Å². The second-order valence-electron chi connectivity index (χ2n) is 6.63. The summed E-state index contributed by atoms with van der Waals surface area (Å²) in [5.74, 6) is 2.04. The second-order valence-corrected chi connectivity index (χ2v) is 6.63. The van der Waals surface area contributed by atoms with Gasteiger partial charge >= 0.3 is 0 Å². The lowest BCUT2D eigenvalue weighted by Crippen LogP contribution is -2.38. The number of pyridine rings is 1. The minimum Gasteiger partial charge on any atom is -0.356 e. The molecule has 2 aliphatic heterocycles. The average Bonchev–Trinajstić information content (AvgIpc) is 3.01. The Hall–Kier alpha value is -1.13. The molecule has 0 radical (unpaired) electrons. The lowest BCUT2D eigenvalue weighted by atomic mass is 9.96. The van der Waals surface area contributed by atoms with Crippen LogP contribution in [0, 0.1) is 12.8 Å². The van der Waals surface area contributed by atoms with Crippen LogP contribution < -0.4 is 10.6 Å². The predicted octanol–water partition coefficient (Wildman–Crippen LogP) is 2.16. The van der Waals surface area contributed by atoms with Gasteiger partial charge in [-0.1, -0.05) is 0 Å². The van der Waals surface area contributed by atoms with Crippen molar-refractivity contribution in [3.8, 4) is 0 Å². The average molecular weight is 288 g/mol. The molecule has 4 nitrogen and oxygen atoms in total. The van der Waals surface area contributed by atoms with E-state index in [1.54, 1.807) is 0 Å². The summed E-state index contributed by atoms with van der Waals surface area (Å²) in [6, 6.07) is 2.18. The SMILES string of the molecule is Cc1cc(CN)cnc1N1CCC(CN2CCCC2)CC1. The van der Waals surface area contributed by atoms with Crippen molar-refractivity contribution in [2.45, 2.75) is 39.2 Å². The van der Waals surface area contributed by atoms with E-state index in [2.05, 4.69) is 27.8 Å². The molecule has 0 aliphatic carbocycles. The lowest BCUT2D eigenvalue weighted by Gasteiger charge is -2.35. The maximum Gasteiger partial charge on any atom is 0.131 e. The first-order valence-electron chi connectivity index (χ1n) is 8.39. The molecule has 0 saturated carbocycles. The van der Waals surface area contributed by atoms with E-state index in [9.17, 15) is 0 Å². The van der Waals surface area contributed by atoms with E-state index in [-0.39, 0.29) is 0 Å². The predicted molar refractivity (Wildman–Crippen MR) is 87.5 cm³/mol. The van der Waals surface area contributed by atoms with Crippen molar-refractivity contribution in [3.63, 3.8) is 0 Å². The van der Waals surface area contributed by atoms with Crippen LogP contribution in [0.15, 0.2) is 12.3 Å². The van der Waals surface area contributed by atoms with Gasteiger partial charge in [0.1, 0.15) is 5.82 Å². The van der Waals surface area contributed by atoms with Crippen LogP contribution in [-0.4, -0.2) is 42.6 Å². The monoisotopic (exact) mass is 288 g/mol. The summed E-state index contributed by atoms with van der Waals surface area (Å²) in [6.07, 6.45) is 7.33. The molecule has 0 aromatic carbocycles. The summed E-state index contributed by atoms with van der Waals surface area (Å²) >= 11 is 0. The van der Waals surface area contributed by atoms with Gasteiger partial charge in [-0.25, -0.2) is 4.98 Å². The third-order valence-corrected chi connectivity index (χ3v) is 4.97. The Labute approximate surface area is 128 Å². The molecule has 2 saturated heterocycles. The Kier molecular flexibility index (Phi) is 4.76. The Balaban J connectivity index is 1.55. The Morgan fingerprint density at radius 3 is 2.52 bits per heavy atom. The number of anilines is 1. The first kappa shape index (κ1) is 14.8. The summed E-state index contributed by atoms with van der Waals surface area (Å²) in [5, 5.41) is 0. The number of aryl methyl sites for hydroxylation is 1. The Bertz CT molecular complexity index is 460. The van der Waals surface area contributed by atoms with Gasteiger partial charge in [-0.15, -0.1) is 0 Å². The van der Waals surface area contributed by atoms with E-state index in [4.69, 9.17) is 5.73 Å². The molecule has 0 atom stereocenters. The summed E-state index contributed by atoms with van der Waals surface area (Å²) in [7, 11) is 0. The molecule has 0 bridgehead atoms. The highest BCUT2D eigenvalue weighted by Gasteiger charge is 2.24. The highest BCUT2D eigenvalue weighted by molar-refractivity contribution is 5.47. The number of hydrogen-bond acceptors (Lipinski definition) is 4. The summed E-state index contributed by atoms with van der Waals surface area (Å²) in [4.78, 5) is 9.74. The third-order valence-electron chi connectivity index (χ3n) is 4.97. The number of likely N-dealkylation sites (tertiary alicyclic amines) is 1. The first-order valence-corrected chi connectivity index (χ1v) is 8.39. The zero-order valence-corrected chi connectivity index (χ0v) is 13.2. The summed E-state index contributed by atoms with van der Waals surface area (Å²) in [5.41, 5.74) is 8.07. The molecule has 21 heavy (non-hydrogen) atoms. The minimum atomic E-state index is 0.575. The second kappa shape index (κ2) is 6.75. The minimum absolute atomic E-state index is 0.575. The van der Waals surface area contributed by atoms with Crippen LogP contribution in [0.25, 0.3) is 0 Å². The molecule has 0 unspecified atom stereocenters. The molecule has 0 amide bonds. The van der Waals surface area contributed by atoms with Crippen molar-refractivity contribution in [1.82, 2.24) is 9.88 Å². The van der Waals surface area contributed by atoms with Gasteiger partial charge in [0.2, 0.25) is 0 Å². The molecule has 1 aromatic heterocycles. The van der Waals surface area contributed by atoms with Gasteiger partial charge < -0.3 is 15.5 Å². The molecule has 3 heterocycles. The van der Waals surface area contributed by atoms with Crippen molar-refractivity contribution in [2.24, 2.45) is 11.7 Å². The molecule has 2 N–H and O–H groups in total. The third kappa shape index (κ3) is 3.55. The zero-order chi connectivity index (χ0) is 14.7. The van der Waals surface area contributed by atoms with Gasteiger partial charge in [0, 0.05) is 32.4 Å². The van der Waals surface area contributed by atoms with Crippen LogP contribution in [-0.2, 0) is 6.54 Å². The van der Waals surface area contributed by atoms with Crippen molar-refractivity contribution in [1.29, 1.82) is 0 Å². The van der Waals surface area contributed by atoms with Gasteiger partial charge in [-0.2, -0.15) is 0 Å². The van der Waals surface area contributed by atoms with E-state index in [1.807, 2.05) is 6.20 Å². The van der Waals surface area contributed by atoms with Gasteiger partial charge in [0.15, 0.2) is 0 Å². The number of nitrogens with zero attached hydrogens (tertiary/aromatic N) is 3. The van der Waals surface area contributed by atoms with E-state index < -0.39 is 0 Å². The summed E-state index contributed by atoms with van der Waals surface area (Å²) < 4.78 is 0. The first-order chi connectivity index (χ1) is 10.3. The Morgan fingerprint density at radius 1 is 1.19 bits per heavy atom. The zero-order valence-electron chi connectivity index (χ0n) is 13.2. The smallest absolute Gasteiger partial charge is 0.131 e. The van der Waals surface area contributed by atoms with E-state index in [1.165, 1.54) is 50.9 Å². The van der Waals surface area contributed by atoms with Crippen LogP contribution in [0.2, 0.25) is 0 Å². The van der Waals surface area contributed by atoms with Crippen molar-refractivity contribution in [2.75, 3.05) is 37.6 Å². The van der Waals surface area contributed by atoms with Crippen molar-refractivity contribution in [3.05, 3.63) is 23.4 Å². The molecule has 4 heteroatoms. The molecular weight excluding hydrogens is 260 g/mol. The number of rotatable bonds is 4. The van der Waals surface area contributed by atoms with Crippen molar-refractivity contribution >= 4 is 5.82 Å². The number of nitrogens with two attached hydrogens (primary N) is 1. The fourth-order valence-electron chi connectivity index (χ4n) is 3.73. The number of aromatic nitrogens is 1. The topological polar surface area (TPSA) is 45.4 Å².